The molecule has 0 fully saturated rings. The number of fused-ring (bicyclic) bond motifs is 3. The summed E-state index contributed by atoms with van der Waals surface area (Å²) in [5, 5.41) is 3.61. The van der Waals surface area contributed by atoms with Gasteiger partial charge in [-0.15, -0.1) is 0 Å². The molecule has 0 saturated heterocycles. The van der Waals surface area contributed by atoms with Crippen molar-refractivity contribution in [3.63, 3.8) is 0 Å². The van der Waals surface area contributed by atoms with E-state index in [2.05, 4.69) is 57.4 Å². The molecule has 0 spiro atoms. The van der Waals surface area contributed by atoms with Gasteiger partial charge in [0.1, 0.15) is 7.85 Å². The van der Waals surface area contributed by atoms with Gasteiger partial charge in [0.15, 0.2) is 0 Å². The van der Waals surface area contributed by atoms with Gasteiger partial charge in [-0.3, -0.25) is 0 Å². The summed E-state index contributed by atoms with van der Waals surface area (Å²) >= 11 is 0. The van der Waals surface area contributed by atoms with Crippen LogP contribution >= 0.6 is 0 Å². The number of rotatable bonds is 0. The Morgan fingerprint density at radius 1 is 1.38 bits per heavy atom. The van der Waals surface area contributed by atoms with Crippen molar-refractivity contribution in [2.45, 2.75) is 32.2 Å². The zero-order valence-corrected chi connectivity index (χ0v) is 10.2. The fraction of sp³-hybridized carbons (Fsp3) is 0.429. The van der Waals surface area contributed by atoms with Crippen molar-refractivity contribution >= 4 is 19.0 Å². The largest absolute Gasteiger partial charge is 0.378 e. The number of hydrogen-bond donors (Lipinski definition) is 1. The van der Waals surface area contributed by atoms with Crippen LogP contribution in [0.2, 0.25) is 0 Å². The Kier molecular flexibility index (Phi) is 1.98. The second-order valence-electron chi connectivity index (χ2n) is 5.92. The van der Waals surface area contributed by atoms with Crippen LogP contribution in [0.1, 0.15) is 31.7 Å². The standard InChI is InChI=1S/C14H18BN/c1-14(2)6-5-13-11(8-14)10-7-9(15)3-4-12(10)16-13/h3-7,11,13,16H,8,15H2,1-2H3. The highest BCUT2D eigenvalue weighted by atomic mass is 15.0. The number of hydrogen-bond acceptors (Lipinski definition) is 1. The van der Waals surface area contributed by atoms with Crippen LogP contribution in [-0.4, -0.2) is 13.9 Å². The monoisotopic (exact) mass is 211 g/mol. The Hall–Kier alpha value is -1.18. The van der Waals surface area contributed by atoms with Gasteiger partial charge in [0.2, 0.25) is 0 Å². The summed E-state index contributed by atoms with van der Waals surface area (Å²) < 4.78 is 0. The summed E-state index contributed by atoms with van der Waals surface area (Å²) in [4.78, 5) is 0. The van der Waals surface area contributed by atoms with Gasteiger partial charge in [0.25, 0.3) is 0 Å². The lowest BCUT2D eigenvalue weighted by atomic mass is 9.73. The van der Waals surface area contributed by atoms with E-state index in [1.165, 1.54) is 23.1 Å². The molecule has 2 heteroatoms. The van der Waals surface area contributed by atoms with Crippen LogP contribution in [0, 0.1) is 5.41 Å². The van der Waals surface area contributed by atoms with Crippen molar-refractivity contribution in [1.29, 1.82) is 0 Å². The molecular formula is C14H18BN. The minimum Gasteiger partial charge on any atom is -0.378 e. The summed E-state index contributed by atoms with van der Waals surface area (Å²) in [6, 6.07) is 7.29. The third-order valence-electron chi connectivity index (χ3n) is 3.86. The van der Waals surface area contributed by atoms with E-state index < -0.39 is 0 Å². The van der Waals surface area contributed by atoms with E-state index in [4.69, 9.17) is 0 Å². The molecule has 2 unspecified atom stereocenters. The number of anilines is 1. The quantitative estimate of drug-likeness (QED) is 0.509. The number of allylic oxidation sites excluding steroid dienone is 1. The molecule has 0 bridgehead atoms. The van der Waals surface area contributed by atoms with Crippen LogP contribution in [0.4, 0.5) is 5.69 Å². The van der Waals surface area contributed by atoms with Crippen LogP contribution in [0.25, 0.3) is 0 Å². The summed E-state index contributed by atoms with van der Waals surface area (Å²) in [6.45, 7) is 4.65. The molecule has 1 nitrogen and oxygen atoms in total. The van der Waals surface area contributed by atoms with Crippen molar-refractivity contribution in [1.82, 2.24) is 0 Å². The van der Waals surface area contributed by atoms with Crippen molar-refractivity contribution in [3.05, 3.63) is 35.9 Å². The Labute approximate surface area is 98.4 Å². The SMILES string of the molecule is Bc1ccc2c(c1)C1CC(C)(C)C=CC1N2. The molecule has 1 aliphatic heterocycles. The van der Waals surface area contributed by atoms with Gasteiger partial charge in [0.05, 0.1) is 6.04 Å². The average molecular weight is 211 g/mol. The van der Waals surface area contributed by atoms with E-state index in [0.717, 1.165) is 0 Å². The maximum Gasteiger partial charge on any atom is 0.139 e. The highest BCUT2D eigenvalue weighted by Crippen LogP contribution is 2.46. The second kappa shape index (κ2) is 3.16. The molecule has 2 atom stereocenters. The van der Waals surface area contributed by atoms with E-state index in [0.29, 0.717) is 17.4 Å². The lowest BCUT2D eigenvalue weighted by Gasteiger charge is -2.32. The summed E-state index contributed by atoms with van der Waals surface area (Å²) in [6.07, 6.45) is 5.96. The molecule has 1 N–H and O–H groups in total. The van der Waals surface area contributed by atoms with E-state index in [-0.39, 0.29) is 0 Å². The first kappa shape index (κ1) is 10.0. The lowest BCUT2D eigenvalue weighted by molar-refractivity contribution is 0.365. The molecule has 82 valence electrons. The molecule has 0 aromatic heterocycles. The topological polar surface area (TPSA) is 12.0 Å². The van der Waals surface area contributed by atoms with Gasteiger partial charge in [-0.05, 0) is 23.5 Å². The van der Waals surface area contributed by atoms with Crippen molar-refractivity contribution in [2.75, 3.05) is 5.32 Å². The Morgan fingerprint density at radius 2 is 2.19 bits per heavy atom. The maximum atomic E-state index is 3.61. The Balaban J connectivity index is 2.04. The fourth-order valence-electron chi connectivity index (χ4n) is 3.01. The second-order valence-corrected chi connectivity index (χ2v) is 5.92. The molecule has 2 aliphatic rings. The minimum atomic E-state index is 0.341. The first-order valence-electron chi connectivity index (χ1n) is 6.12. The maximum absolute atomic E-state index is 3.61. The molecule has 1 aromatic carbocycles. The van der Waals surface area contributed by atoms with Crippen molar-refractivity contribution in [2.24, 2.45) is 5.41 Å². The fourth-order valence-corrected chi connectivity index (χ4v) is 3.01. The zero-order chi connectivity index (χ0) is 11.3. The van der Waals surface area contributed by atoms with Crippen LogP contribution < -0.4 is 10.8 Å². The number of nitrogens with one attached hydrogen (secondary N) is 1. The van der Waals surface area contributed by atoms with Gasteiger partial charge in [-0.25, -0.2) is 0 Å². The Morgan fingerprint density at radius 3 is 3.00 bits per heavy atom. The van der Waals surface area contributed by atoms with Gasteiger partial charge in [-0.1, -0.05) is 43.6 Å². The zero-order valence-electron chi connectivity index (χ0n) is 10.2. The highest BCUT2D eigenvalue weighted by molar-refractivity contribution is 6.32. The van der Waals surface area contributed by atoms with E-state index >= 15 is 0 Å². The normalized spacial score (nSPS) is 29.4. The van der Waals surface area contributed by atoms with Crippen LogP contribution in [-0.2, 0) is 0 Å². The highest BCUT2D eigenvalue weighted by Gasteiger charge is 2.37. The smallest absolute Gasteiger partial charge is 0.139 e. The molecule has 16 heavy (non-hydrogen) atoms. The average Bonchev–Trinajstić information content (AvgIpc) is 2.55. The number of benzene rings is 1. The predicted molar refractivity (Wildman–Crippen MR) is 72.3 cm³/mol. The van der Waals surface area contributed by atoms with Crippen molar-refractivity contribution < 1.29 is 0 Å². The molecule has 0 saturated carbocycles. The molecule has 3 rings (SSSR count). The summed E-state index contributed by atoms with van der Waals surface area (Å²) in [5.41, 5.74) is 4.56. The van der Waals surface area contributed by atoms with Crippen LogP contribution in [0.3, 0.4) is 0 Å². The third kappa shape index (κ3) is 1.48. The first-order valence-corrected chi connectivity index (χ1v) is 6.12. The molecular weight excluding hydrogens is 193 g/mol. The van der Waals surface area contributed by atoms with E-state index in [1.54, 1.807) is 0 Å². The van der Waals surface area contributed by atoms with Crippen LogP contribution in [0.15, 0.2) is 30.4 Å². The molecule has 0 radical (unpaired) electrons. The minimum absolute atomic E-state index is 0.341. The van der Waals surface area contributed by atoms with E-state index in [9.17, 15) is 0 Å². The molecule has 0 amide bonds. The lowest BCUT2D eigenvalue weighted by Crippen LogP contribution is -2.27. The van der Waals surface area contributed by atoms with Gasteiger partial charge in [0, 0.05) is 11.6 Å². The predicted octanol–water partition coefficient (Wildman–Crippen LogP) is 1.81. The van der Waals surface area contributed by atoms with E-state index in [1.807, 2.05) is 0 Å². The van der Waals surface area contributed by atoms with Gasteiger partial charge < -0.3 is 5.32 Å². The Bertz CT molecular complexity index is 462. The first-order chi connectivity index (χ1) is 7.55. The van der Waals surface area contributed by atoms with Gasteiger partial charge in [-0.2, -0.15) is 0 Å². The molecule has 1 aromatic rings. The van der Waals surface area contributed by atoms with Gasteiger partial charge >= 0.3 is 0 Å². The summed E-state index contributed by atoms with van der Waals surface area (Å²) in [7, 11) is 2.18. The summed E-state index contributed by atoms with van der Waals surface area (Å²) in [5.74, 6) is 0.662. The molecule has 1 heterocycles. The van der Waals surface area contributed by atoms with Crippen molar-refractivity contribution in [3.8, 4) is 0 Å². The third-order valence-corrected chi connectivity index (χ3v) is 3.86. The van der Waals surface area contributed by atoms with Crippen LogP contribution in [0.5, 0.6) is 0 Å². The molecule has 1 aliphatic carbocycles.